The van der Waals surface area contributed by atoms with E-state index in [0.717, 1.165) is 37.9 Å². The van der Waals surface area contributed by atoms with Gasteiger partial charge in [-0.1, -0.05) is 31.0 Å². The Morgan fingerprint density at radius 3 is 2.62 bits per heavy atom. The normalized spacial score (nSPS) is 23.7. The van der Waals surface area contributed by atoms with E-state index in [4.69, 9.17) is 0 Å². The largest absolute Gasteiger partial charge is 0.325 e. The number of hydrogen-bond donors (Lipinski definition) is 2. The lowest BCUT2D eigenvalue weighted by Gasteiger charge is -2.37. The van der Waals surface area contributed by atoms with Crippen LogP contribution in [0.2, 0.25) is 0 Å². The molecule has 5 nitrogen and oxygen atoms in total. The van der Waals surface area contributed by atoms with Crippen molar-refractivity contribution in [2.24, 2.45) is 5.92 Å². The average molecular weight is 384 g/mol. The van der Waals surface area contributed by atoms with Crippen molar-refractivity contribution in [3.8, 4) is 0 Å². The van der Waals surface area contributed by atoms with Crippen LogP contribution < -0.4 is 10.6 Å². The van der Waals surface area contributed by atoms with E-state index in [1.807, 2.05) is 13.8 Å². The van der Waals surface area contributed by atoms with Gasteiger partial charge in [0.15, 0.2) is 0 Å². The van der Waals surface area contributed by atoms with Crippen molar-refractivity contribution in [1.82, 2.24) is 15.5 Å². The van der Waals surface area contributed by atoms with Crippen molar-refractivity contribution in [3.05, 3.63) is 35.1 Å². The molecule has 144 valence electrons. The van der Waals surface area contributed by atoms with Crippen molar-refractivity contribution < 1.29 is 14.0 Å². The molecule has 0 aromatic heterocycles. The van der Waals surface area contributed by atoms with E-state index in [1.54, 1.807) is 12.1 Å². The minimum absolute atomic E-state index is 0. The van der Waals surface area contributed by atoms with Crippen LogP contribution in [0, 0.1) is 18.7 Å². The highest BCUT2D eigenvalue weighted by Crippen LogP contribution is 2.36. The first kappa shape index (κ1) is 20.6. The number of urea groups is 1. The van der Waals surface area contributed by atoms with Gasteiger partial charge in [0, 0.05) is 5.56 Å². The number of carbonyl (C=O) groups excluding carboxylic acids is 2. The van der Waals surface area contributed by atoms with E-state index in [-0.39, 0.29) is 36.6 Å². The molecule has 3 rings (SSSR count). The third-order valence-electron chi connectivity index (χ3n) is 5.41. The van der Waals surface area contributed by atoms with E-state index in [1.165, 1.54) is 11.0 Å². The maximum atomic E-state index is 14.1. The Hall–Kier alpha value is -1.66. The summed E-state index contributed by atoms with van der Waals surface area (Å²) in [7, 11) is 0. The van der Waals surface area contributed by atoms with Crippen LogP contribution in [0.5, 0.6) is 0 Å². The highest BCUT2D eigenvalue weighted by atomic mass is 35.5. The maximum Gasteiger partial charge on any atom is 0.325 e. The van der Waals surface area contributed by atoms with Gasteiger partial charge in [-0.25, -0.2) is 9.18 Å². The lowest BCUT2D eigenvalue weighted by molar-refractivity contribution is -0.134. The van der Waals surface area contributed by atoms with Crippen LogP contribution >= 0.6 is 12.4 Å². The standard InChI is InChI=1S/C19H26FN3O2.ClH/c1-3-8-19(15-6-9-21-10-7-15)17(24)23(18(25)22-19)12-14-11-13(2)4-5-16(14)20;/h4-5,11,15,21H,3,6-10,12H2,1-2H3,(H,22,25);1H. The van der Waals surface area contributed by atoms with Crippen LogP contribution in [0.15, 0.2) is 18.2 Å². The lowest BCUT2D eigenvalue weighted by atomic mass is 9.75. The van der Waals surface area contributed by atoms with E-state index in [9.17, 15) is 14.0 Å². The number of benzene rings is 1. The Labute approximate surface area is 160 Å². The summed E-state index contributed by atoms with van der Waals surface area (Å²) >= 11 is 0. The summed E-state index contributed by atoms with van der Waals surface area (Å²) < 4.78 is 14.1. The second-order valence-corrected chi connectivity index (χ2v) is 7.16. The van der Waals surface area contributed by atoms with E-state index >= 15 is 0 Å². The summed E-state index contributed by atoms with van der Waals surface area (Å²) in [6.07, 6.45) is 3.15. The fraction of sp³-hybridized carbons (Fsp3) is 0.579. The zero-order chi connectivity index (χ0) is 18.0. The molecule has 2 heterocycles. The van der Waals surface area contributed by atoms with Gasteiger partial charge in [0.1, 0.15) is 11.4 Å². The van der Waals surface area contributed by atoms with Gasteiger partial charge < -0.3 is 10.6 Å². The van der Waals surface area contributed by atoms with E-state index < -0.39 is 11.6 Å². The molecule has 0 saturated carbocycles. The molecular formula is C19H27ClFN3O2. The molecule has 7 heteroatoms. The van der Waals surface area contributed by atoms with Crippen molar-refractivity contribution in [1.29, 1.82) is 0 Å². The van der Waals surface area contributed by atoms with Crippen LogP contribution in [-0.2, 0) is 11.3 Å². The summed E-state index contributed by atoms with van der Waals surface area (Å²) in [5, 5.41) is 6.28. The number of amides is 3. The van der Waals surface area contributed by atoms with E-state index in [0.29, 0.717) is 12.0 Å². The first-order valence-electron chi connectivity index (χ1n) is 9.08. The fourth-order valence-electron chi connectivity index (χ4n) is 4.14. The SMILES string of the molecule is CCCC1(C2CCNCC2)NC(=O)N(Cc2cc(C)ccc2F)C1=O.Cl. The fourth-order valence-corrected chi connectivity index (χ4v) is 4.14. The van der Waals surface area contributed by atoms with Gasteiger partial charge in [-0.2, -0.15) is 0 Å². The number of piperidine rings is 1. The summed E-state index contributed by atoms with van der Waals surface area (Å²) in [5.74, 6) is -0.467. The Kier molecular flexibility index (Phi) is 6.64. The molecule has 0 aliphatic carbocycles. The molecule has 0 bridgehead atoms. The molecule has 26 heavy (non-hydrogen) atoms. The van der Waals surface area contributed by atoms with Gasteiger partial charge in [-0.15, -0.1) is 12.4 Å². The third-order valence-corrected chi connectivity index (χ3v) is 5.41. The van der Waals surface area contributed by atoms with Gasteiger partial charge in [0.05, 0.1) is 6.54 Å². The van der Waals surface area contributed by atoms with Crippen molar-refractivity contribution in [3.63, 3.8) is 0 Å². The molecule has 2 aliphatic rings. The summed E-state index contributed by atoms with van der Waals surface area (Å²) in [6.45, 7) is 5.57. The summed E-state index contributed by atoms with van der Waals surface area (Å²) in [4.78, 5) is 27.0. The number of hydrogen-bond acceptors (Lipinski definition) is 3. The van der Waals surface area contributed by atoms with Crippen LogP contribution in [0.3, 0.4) is 0 Å². The average Bonchev–Trinajstić information content (AvgIpc) is 2.84. The number of carbonyl (C=O) groups is 2. The monoisotopic (exact) mass is 383 g/mol. The second-order valence-electron chi connectivity index (χ2n) is 7.16. The molecular weight excluding hydrogens is 357 g/mol. The van der Waals surface area contributed by atoms with Crippen LogP contribution in [-0.4, -0.2) is 35.5 Å². The number of nitrogens with zero attached hydrogens (tertiary/aromatic N) is 1. The molecule has 1 atom stereocenters. The molecule has 2 fully saturated rings. The molecule has 1 unspecified atom stereocenters. The smallest absolute Gasteiger partial charge is 0.323 e. The summed E-state index contributed by atoms with van der Waals surface area (Å²) in [5.41, 5.74) is 0.441. The number of nitrogens with one attached hydrogen (secondary N) is 2. The Morgan fingerprint density at radius 1 is 1.27 bits per heavy atom. The Bertz CT molecular complexity index is 679. The van der Waals surface area contributed by atoms with Crippen molar-refractivity contribution >= 4 is 24.3 Å². The molecule has 2 N–H and O–H groups in total. The highest BCUT2D eigenvalue weighted by molar-refractivity contribution is 6.07. The topological polar surface area (TPSA) is 61.4 Å². The van der Waals surface area contributed by atoms with Crippen LogP contribution in [0.25, 0.3) is 0 Å². The van der Waals surface area contributed by atoms with Crippen LogP contribution in [0.4, 0.5) is 9.18 Å². The van der Waals surface area contributed by atoms with Gasteiger partial charge >= 0.3 is 6.03 Å². The minimum atomic E-state index is -0.839. The quantitative estimate of drug-likeness (QED) is 0.768. The number of halogens is 2. The van der Waals surface area contributed by atoms with Gasteiger partial charge in [0.2, 0.25) is 0 Å². The lowest BCUT2D eigenvalue weighted by Crippen LogP contribution is -2.55. The van der Waals surface area contributed by atoms with Crippen molar-refractivity contribution in [2.75, 3.05) is 13.1 Å². The molecule has 1 aromatic carbocycles. The van der Waals surface area contributed by atoms with Crippen molar-refractivity contribution in [2.45, 2.75) is 51.6 Å². The molecule has 0 spiro atoms. The molecule has 2 saturated heterocycles. The number of rotatable bonds is 5. The Morgan fingerprint density at radius 2 is 1.96 bits per heavy atom. The minimum Gasteiger partial charge on any atom is -0.323 e. The van der Waals surface area contributed by atoms with E-state index in [2.05, 4.69) is 10.6 Å². The molecule has 1 aromatic rings. The van der Waals surface area contributed by atoms with Gasteiger partial charge in [-0.05, 0) is 51.3 Å². The first-order valence-corrected chi connectivity index (χ1v) is 9.08. The molecule has 3 amide bonds. The zero-order valence-corrected chi connectivity index (χ0v) is 16.1. The Balaban J connectivity index is 0.00000243. The number of aryl methyl sites for hydroxylation is 1. The predicted octanol–water partition coefficient (Wildman–Crippen LogP) is 3.15. The second kappa shape index (κ2) is 8.35. The number of imide groups is 1. The van der Waals surface area contributed by atoms with Crippen LogP contribution in [0.1, 0.15) is 43.7 Å². The first-order chi connectivity index (χ1) is 12.0. The molecule has 2 aliphatic heterocycles. The zero-order valence-electron chi connectivity index (χ0n) is 15.3. The summed E-state index contributed by atoms with van der Waals surface area (Å²) in [6, 6.07) is 4.36. The van der Waals surface area contributed by atoms with Gasteiger partial charge in [-0.3, -0.25) is 9.69 Å². The predicted molar refractivity (Wildman–Crippen MR) is 101 cm³/mol. The molecule has 0 radical (unpaired) electrons. The third kappa shape index (κ3) is 3.71. The van der Waals surface area contributed by atoms with Gasteiger partial charge in [0.25, 0.3) is 5.91 Å². The highest BCUT2D eigenvalue weighted by Gasteiger charge is 2.54. The maximum absolute atomic E-state index is 14.1.